The molecule has 5 nitrogen and oxygen atoms in total. The minimum absolute atomic E-state index is 0.277. The van der Waals surface area contributed by atoms with Gasteiger partial charge in [0, 0.05) is 18.1 Å². The normalized spacial score (nSPS) is 38.6. The molecule has 5 heteroatoms. The summed E-state index contributed by atoms with van der Waals surface area (Å²) in [6.07, 6.45) is 5.96. The van der Waals surface area contributed by atoms with Crippen LogP contribution in [0.15, 0.2) is 0 Å². The zero-order valence-electron chi connectivity index (χ0n) is 10.8. The van der Waals surface area contributed by atoms with Gasteiger partial charge in [-0.15, -0.1) is 0 Å². The molecule has 18 heavy (non-hydrogen) atoms. The quantitative estimate of drug-likeness (QED) is 0.499. The van der Waals surface area contributed by atoms with E-state index in [1.807, 2.05) is 4.90 Å². The number of ether oxygens (including phenoxy) is 1. The van der Waals surface area contributed by atoms with Gasteiger partial charge in [-0.1, -0.05) is 6.42 Å². The molecule has 3 rings (SSSR count). The predicted octanol–water partition coefficient (Wildman–Crippen LogP) is 0.387. The van der Waals surface area contributed by atoms with Crippen LogP contribution in [-0.4, -0.2) is 60.0 Å². The molecule has 0 amide bonds. The van der Waals surface area contributed by atoms with Gasteiger partial charge in [0.05, 0.1) is 13.1 Å². The second-order valence-corrected chi connectivity index (χ2v) is 5.78. The second kappa shape index (κ2) is 4.63. The molecular weight excluding hydrogens is 232 g/mol. The molecule has 0 aliphatic carbocycles. The van der Waals surface area contributed by atoms with E-state index in [2.05, 4.69) is 16.7 Å². The topological polar surface area (TPSA) is 49.9 Å². The number of cyclic esters (lactones) is 2. The Labute approximate surface area is 107 Å². The molecule has 2 unspecified atom stereocenters. The van der Waals surface area contributed by atoms with Gasteiger partial charge in [0.2, 0.25) is 0 Å². The van der Waals surface area contributed by atoms with Crippen molar-refractivity contribution >= 4 is 11.9 Å². The smallest absolute Gasteiger partial charge is 0.327 e. The molecule has 3 aliphatic heterocycles. The van der Waals surface area contributed by atoms with Crippen molar-refractivity contribution in [3.05, 3.63) is 0 Å². The minimum Gasteiger partial charge on any atom is -0.391 e. The fourth-order valence-electron chi connectivity index (χ4n) is 3.72. The van der Waals surface area contributed by atoms with Gasteiger partial charge in [-0.2, -0.15) is 0 Å². The molecule has 0 radical (unpaired) electrons. The van der Waals surface area contributed by atoms with Crippen molar-refractivity contribution in [3.63, 3.8) is 0 Å². The molecule has 0 saturated carbocycles. The molecule has 0 spiro atoms. The summed E-state index contributed by atoms with van der Waals surface area (Å²) in [5.41, 5.74) is 0. The van der Waals surface area contributed by atoms with E-state index in [0.29, 0.717) is 18.1 Å². The SMILES string of the molecule is CN1C2CCCC1CC(N1CC(=O)OC(=O)C1)C2. The monoisotopic (exact) mass is 252 g/mol. The summed E-state index contributed by atoms with van der Waals surface area (Å²) in [7, 11) is 2.21. The van der Waals surface area contributed by atoms with Gasteiger partial charge in [0.25, 0.3) is 0 Å². The van der Waals surface area contributed by atoms with E-state index in [-0.39, 0.29) is 13.1 Å². The van der Waals surface area contributed by atoms with Crippen LogP contribution in [0, 0.1) is 0 Å². The lowest BCUT2D eigenvalue weighted by molar-refractivity contribution is -0.169. The van der Waals surface area contributed by atoms with Crippen LogP contribution in [0.3, 0.4) is 0 Å². The third-order valence-electron chi connectivity index (χ3n) is 4.72. The van der Waals surface area contributed by atoms with Crippen molar-refractivity contribution in [1.82, 2.24) is 9.80 Å². The Morgan fingerprint density at radius 2 is 1.56 bits per heavy atom. The van der Waals surface area contributed by atoms with E-state index >= 15 is 0 Å². The Bertz CT molecular complexity index is 341. The predicted molar refractivity (Wildman–Crippen MR) is 64.9 cm³/mol. The Morgan fingerprint density at radius 3 is 2.11 bits per heavy atom. The van der Waals surface area contributed by atoms with Crippen molar-refractivity contribution < 1.29 is 14.3 Å². The number of rotatable bonds is 1. The van der Waals surface area contributed by atoms with Crippen LogP contribution < -0.4 is 0 Å². The van der Waals surface area contributed by atoms with Crippen LogP contribution >= 0.6 is 0 Å². The van der Waals surface area contributed by atoms with E-state index in [4.69, 9.17) is 0 Å². The number of fused-ring (bicyclic) bond motifs is 2. The first-order valence-electron chi connectivity index (χ1n) is 6.83. The maximum Gasteiger partial charge on any atom is 0.327 e. The van der Waals surface area contributed by atoms with Crippen LogP contribution in [0.2, 0.25) is 0 Å². The molecule has 0 aromatic rings. The highest BCUT2D eigenvalue weighted by Gasteiger charge is 2.40. The summed E-state index contributed by atoms with van der Waals surface area (Å²) in [4.78, 5) is 27.2. The van der Waals surface area contributed by atoms with E-state index in [0.717, 1.165) is 12.8 Å². The zero-order valence-corrected chi connectivity index (χ0v) is 10.8. The number of carbonyl (C=O) groups excluding carboxylic acids is 2. The van der Waals surface area contributed by atoms with Gasteiger partial charge in [-0.25, -0.2) is 0 Å². The first-order valence-corrected chi connectivity index (χ1v) is 6.83. The molecule has 0 aromatic heterocycles. The maximum atomic E-state index is 11.3. The molecule has 3 heterocycles. The average molecular weight is 252 g/mol. The molecule has 0 aromatic carbocycles. The van der Waals surface area contributed by atoms with Gasteiger partial charge in [0.15, 0.2) is 0 Å². The first-order chi connectivity index (χ1) is 8.63. The van der Waals surface area contributed by atoms with Crippen LogP contribution in [0.1, 0.15) is 32.1 Å². The van der Waals surface area contributed by atoms with Crippen LogP contribution in [-0.2, 0) is 14.3 Å². The molecule has 2 bridgehead atoms. The molecule has 3 saturated heterocycles. The van der Waals surface area contributed by atoms with Crippen molar-refractivity contribution in [1.29, 1.82) is 0 Å². The summed E-state index contributed by atoms with van der Waals surface area (Å²) < 4.78 is 4.59. The highest BCUT2D eigenvalue weighted by molar-refractivity contribution is 5.90. The molecular formula is C13H20N2O3. The lowest BCUT2D eigenvalue weighted by Crippen LogP contribution is -2.58. The minimum atomic E-state index is -0.393. The van der Waals surface area contributed by atoms with Gasteiger partial charge < -0.3 is 9.64 Å². The summed E-state index contributed by atoms with van der Waals surface area (Å²) in [5, 5.41) is 0. The molecule has 3 fully saturated rings. The summed E-state index contributed by atoms with van der Waals surface area (Å²) >= 11 is 0. The van der Waals surface area contributed by atoms with Crippen molar-refractivity contribution in [3.8, 4) is 0 Å². The van der Waals surface area contributed by atoms with Crippen molar-refractivity contribution in [2.24, 2.45) is 0 Å². The molecule has 0 N–H and O–H groups in total. The first kappa shape index (κ1) is 12.1. The number of esters is 2. The Balaban J connectivity index is 1.70. The van der Waals surface area contributed by atoms with Crippen LogP contribution in [0.25, 0.3) is 0 Å². The highest BCUT2D eigenvalue weighted by Crippen LogP contribution is 2.34. The number of carbonyl (C=O) groups is 2. The third-order valence-corrected chi connectivity index (χ3v) is 4.72. The lowest BCUT2D eigenvalue weighted by Gasteiger charge is -2.49. The van der Waals surface area contributed by atoms with E-state index in [1.54, 1.807) is 0 Å². The largest absolute Gasteiger partial charge is 0.391 e. The summed E-state index contributed by atoms with van der Waals surface area (Å²) in [6, 6.07) is 1.61. The lowest BCUT2D eigenvalue weighted by atomic mass is 9.81. The van der Waals surface area contributed by atoms with E-state index in [1.165, 1.54) is 19.3 Å². The average Bonchev–Trinajstić information content (AvgIpc) is 2.26. The zero-order chi connectivity index (χ0) is 12.7. The van der Waals surface area contributed by atoms with Crippen LogP contribution in [0.4, 0.5) is 0 Å². The van der Waals surface area contributed by atoms with Crippen LogP contribution in [0.5, 0.6) is 0 Å². The number of hydrogen-bond donors (Lipinski definition) is 0. The second-order valence-electron chi connectivity index (χ2n) is 5.78. The fraction of sp³-hybridized carbons (Fsp3) is 0.846. The Kier molecular flexibility index (Phi) is 3.11. The summed E-state index contributed by atoms with van der Waals surface area (Å²) in [5.74, 6) is -0.786. The number of morpholine rings is 1. The van der Waals surface area contributed by atoms with Gasteiger partial charge in [-0.3, -0.25) is 14.5 Å². The summed E-state index contributed by atoms with van der Waals surface area (Å²) in [6.45, 7) is 0.555. The number of hydrogen-bond acceptors (Lipinski definition) is 5. The van der Waals surface area contributed by atoms with Gasteiger partial charge in [-0.05, 0) is 32.7 Å². The van der Waals surface area contributed by atoms with Gasteiger partial charge >= 0.3 is 11.9 Å². The third kappa shape index (κ3) is 2.17. The Morgan fingerprint density at radius 1 is 1.00 bits per heavy atom. The van der Waals surface area contributed by atoms with Crippen molar-refractivity contribution in [2.45, 2.75) is 50.2 Å². The van der Waals surface area contributed by atoms with E-state index < -0.39 is 11.9 Å². The highest BCUT2D eigenvalue weighted by atomic mass is 16.6. The number of piperidine rings is 2. The Hall–Kier alpha value is -0.940. The standard InChI is InChI=1S/C13H20N2O3/c1-14-9-3-2-4-10(14)6-11(5-9)15-7-12(16)18-13(17)8-15/h9-11H,2-8H2,1H3. The van der Waals surface area contributed by atoms with E-state index in [9.17, 15) is 9.59 Å². The van der Waals surface area contributed by atoms with Gasteiger partial charge in [0.1, 0.15) is 0 Å². The maximum absolute atomic E-state index is 11.3. The molecule has 3 aliphatic rings. The molecule has 100 valence electrons. The number of nitrogens with zero attached hydrogens (tertiary/aromatic N) is 2. The molecule has 2 atom stereocenters. The van der Waals surface area contributed by atoms with Crippen molar-refractivity contribution in [2.75, 3.05) is 20.1 Å². The fourth-order valence-corrected chi connectivity index (χ4v) is 3.72.